The number of carbonyl (C=O) groups excluding carboxylic acids is 7. The molecule has 0 spiro atoms. The van der Waals surface area contributed by atoms with Crippen LogP contribution in [0.5, 0.6) is 0 Å². The minimum absolute atomic E-state index is 0.00846. The standard InChI is InChI=1S/C50H82N16O13S/c1-27(2)24-37(65-44(74)34(16-18-40(69)70)60-41(71)30(52)15-17-39(67)68)46(76)62-32(12-6-7-20-51)42(72)61-33(13-8-21-57-49(53)54)43(73)66-38(25-28-26-59-31-11-5-4-10-29(28)31)47(77)63-35(19-23-80-3)45(75)64-36(48(78)79)14-9-22-58-50(55)56/h4-5,10-11,26-27,30,32-38,59H,6-9,12-25,51-52H2,1-3H3,(H,60,71)(H,61,72)(H,62,76)(H,63,77)(H,64,75)(H,65,74)(H,66,73)(H,67,68)(H,69,70)(H,78,79)(H4,53,54,57)(H4,55,56,58)/t30-,32-,33-,34-,35-,36-,37-,38-/m0/s1. The lowest BCUT2D eigenvalue weighted by atomic mass is 10.00. The zero-order valence-corrected chi connectivity index (χ0v) is 46.3. The molecule has 0 aliphatic heterocycles. The summed E-state index contributed by atoms with van der Waals surface area (Å²) in [4.78, 5) is 144. The first-order valence-electron chi connectivity index (χ1n) is 26.3. The van der Waals surface area contributed by atoms with E-state index in [0.29, 0.717) is 35.1 Å². The third-order valence-corrected chi connectivity index (χ3v) is 13.0. The zero-order valence-electron chi connectivity index (χ0n) is 45.5. The smallest absolute Gasteiger partial charge is 0.326 e. The molecule has 23 N–H and O–H groups in total. The Bertz CT molecular complexity index is 2450. The second kappa shape index (κ2) is 36.4. The molecule has 2 rings (SSSR count). The Hall–Kier alpha value is -7.73. The number of aliphatic imine (C=N–C) groups is 2. The lowest BCUT2D eigenvalue weighted by Crippen LogP contribution is -2.60. The Morgan fingerprint density at radius 2 is 1.00 bits per heavy atom. The van der Waals surface area contributed by atoms with Gasteiger partial charge in [-0.05, 0) is 107 Å². The van der Waals surface area contributed by atoms with Gasteiger partial charge < -0.3 is 91.9 Å². The molecule has 0 saturated heterocycles. The largest absolute Gasteiger partial charge is 0.481 e. The number of nitrogens with one attached hydrogen (secondary N) is 8. The molecular formula is C50H82N16O13S. The van der Waals surface area contributed by atoms with Crippen LogP contribution in [0.2, 0.25) is 0 Å². The monoisotopic (exact) mass is 1150 g/mol. The highest BCUT2D eigenvalue weighted by atomic mass is 32.2. The van der Waals surface area contributed by atoms with Crippen LogP contribution in [-0.4, -0.2) is 171 Å². The molecule has 0 bridgehead atoms. The molecule has 29 nitrogen and oxygen atoms in total. The quantitative estimate of drug-likeness (QED) is 0.0183. The van der Waals surface area contributed by atoms with E-state index in [1.54, 1.807) is 50.6 Å². The van der Waals surface area contributed by atoms with Gasteiger partial charge in [0.25, 0.3) is 0 Å². The number of nitrogens with two attached hydrogens (primary N) is 6. The van der Waals surface area contributed by atoms with E-state index in [9.17, 15) is 58.2 Å². The third-order valence-electron chi connectivity index (χ3n) is 12.3. The SMILES string of the molecule is CSCC[C@H](NC(=O)[C@H](Cc1c[nH]c2ccccc12)NC(=O)[C@H](CCCN=C(N)N)NC(=O)[C@H](CCCCN)NC(=O)[C@H](CC(C)C)NC(=O)[C@H](CCC(=O)O)NC(=O)[C@@H](N)CCC(=O)O)C(=O)N[C@@H](CCCN=C(N)N)C(=O)O. The summed E-state index contributed by atoms with van der Waals surface area (Å²) in [6.07, 6.45) is 2.40. The van der Waals surface area contributed by atoms with Crippen molar-refractivity contribution in [1.29, 1.82) is 0 Å². The second-order valence-electron chi connectivity index (χ2n) is 19.4. The number of hydrogen-bond donors (Lipinski definition) is 17. The molecule has 0 radical (unpaired) electrons. The first-order valence-corrected chi connectivity index (χ1v) is 27.7. The number of unbranched alkanes of at least 4 members (excludes halogenated alkanes) is 1. The number of para-hydroxylation sites is 1. The van der Waals surface area contributed by atoms with Crippen molar-refractivity contribution in [3.63, 3.8) is 0 Å². The van der Waals surface area contributed by atoms with Crippen LogP contribution in [0.3, 0.4) is 0 Å². The maximum absolute atomic E-state index is 14.7. The summed E-state index contributed by atoms with van der Waals surface area (Å²) in [5.74, 6) is -10.3. The average Bonchev–Trinajstić information content (AvgIpc) is 3.80. The van der Waals surface area contributed by atoms with Gasteiger partial charge in [0.1, 0.15) is 42.3 Å². The number of aromatic nitrogens is 1. The number of benzene rings is 1. The number of guanidine groups is 2. The highest BCUT2D eigenvalue weighted by Gasteiger charge is 2.35. The summed E-state index contributed by atoms with van der Waals surface area (Å²) in [6, 6.07) is -3.96. The van der Waals surface area contributed by atoms with Gasteiger partial charge >= 0.3 is 17.9 Å². The number of amides is 7. The predicted octanol–water partition coefficient (Wildman–Crippen LogP) is -2.72. The van der Waals surface area contributed by atoms with E-state index in [2.05, 4.69) is 52.2 Å². The molecule has 1 aromatic carbocycles. The second-order valence-corrected chi connectivity index (χ2v) is 20.4. The van der Waals surface area contributed by atoms with E-state index < -0.39 is 127 Å². The number of H-pyrrole nitrogens is 1. The van der Waals surface area contributed by atoms with Gasteiger partial charge in [0, 0.05) is 49.5 Å². The van der Waals surface area contributed by atoms with Crippen molar-refractivity contribution in [1.82, 2.24) is 42.2 Å². The van der Waals surface area contributed by atoms with Gasteiger partial charge in [-0.3, -0.25) is 53.1 Å². The van der Waals surface area contributed by atoms with Gasteiger partial charge in [-0.25, -0.2) is 4.79 Å². The van der Waals surface area contributed by atoms with Crippen LogP contribution < -0.4 is 71.6 Å². The van der Waals surface area contributed by atoms with Gasteiger partial charge in [-0.1, -0.05) is 32.0 Å². The Balaban J connectivity index is 2.58. The van der Waals surface area contributed by atoms with Crippen LogP contribution in [-0.2, 0) is 54.4 Å². The lowest BCUT2D eigenvalue weighted by molar-refractivity contribution is -0.142. The van der Waals surface area contributed by atoms with E-state index in [1.165, 1.54) is 11.8 Å². The predicted molar refractivity (Wildman–Crippen MR) is 300 cm³/mol. The summed E-state index contributed by atoms with van der Waals surface area (Å²) in [7, 11) is 0. The number of rotatable bonds is 40. The average molecular weight is 1150 g/mol. The number of carbonyl (C=O) groups is 10. The van der Waals surface area contributed by atoms with E-state index in [0.717, 1.165) is 0 Å². The van der Waals surface area contributed by atoms with Gasteiger partial charge in [-0.2, -0.15) is 11.8 Å². The number of nitrogens with zero attached hydrogens (tertiary/aromatic N) is 2. The molecule has 30 heteroatoms. The molecule has 0 saturated carbocycles. The third kappa shape index (κ3) is 26.3. The van der Waals surface area contributed by atoms with E-state index in [-0.39, 0.29) is 95.3 Å². The van der Waals surface area contributed by atoms with Crippen LogP contribution >= 0.6 is 11.8 Å². The molecule has 0 aliphatic rings. The summed E-state index contributed by atoms with van der Waals surface area (Å²) in [5.41, 5.74) is 34.9. The van der Waals surface area contributed by atoms with Crippen LogP contribution in [0.15, 0.2) is 40.4 Å². The Kier molecular flexibility index (Phi) is 31.1. The molecule has 2 aromatic rings. The van der Waals surface area contributed by atoms with Crippen molar-refractivity contribution in [2.24, 2.45) is 50.3 Å². The molecular weight excluding hydrogens is 1060 g/mol. The number of carboxylic acids is 3. The van der Waals surface area contributed by atoms with Crippen molar-refractivity contribution in [2.75, 3.05) is 31.6 Å². The fourth-order valence-corrected chi connectivity index (χ4v) is 8.56. The Labute approximate surface area is 467 Å². The van der Waals surface area contributed by atoms with E-state index in [4.69, 9.17) is 39.5 Å². The number of aliphatic carboxylic acids is 3. The van der Waals surface area contributed by atoms with Crippen LogP contribution in [0.25, 0.3) is 10.9 Å². The highest BCUT2D eigenvalue weighted by Crippen LogP contribution is 2.20. The number of fused-ring (bicyclic) bond motifs is 1. The number of hydrogen-bond acceptors (Lipinski definition) is 15. The number of thioether (sulfide) groups is 1. The minimum Gasteiger partial charge on any atom is -0.481 e. The van der Waals surface area contributed by atoms with Gasteiger partial charge in [0.05, 0.1) is 6.04 Å². The van der Waals surface area contributed by atoms with Crippen LogP contribution in [0.4, 0.5) is 0 Å². The van der Waals surface area contributed by atoms with Gasteiger partial charge in [0.15, 0.2) is 11.9 Å². The van der Waals surface area contributed by atoms with Crippen LogP contribution in [0.1, 0.15) is 103 Å². The van der Waals surface area contributed by atoms with Crippen molar-refractivity contribution in [3.8, 4) is 0 Å². The molecule has 0 fully saturated rings. The molecule has 1 heterocycles. The summed E-state index contributed by atoms with van der Waals surface area (Å²) in [6.45, 7) is 3.81. The molecule has 8 atom stereocenters. The van der Waals surface area contributed by atoms with Crippen molar-refractivity contribution in [2.45, 2.75) is 152 Å². The molecule has 0 unspecified atom stereocenters. The number of aromatic amines is 1. The maximum Gasteiger partial charge on any atom is 0.326 e. The zero-order chi connectivity index (χ0) is 59.9. The first kappa shape index (κ1) is 68.4. The summed E-state index contributed by atoms with van der Waals surface area (Å²) < 4.78 is 0. The summed E-state index contributed by atoms with van der Waals surface area (Å²) >= 11 is 1.37. The Morgan fingerprint density at radius 3 is 1.51 bits per heavy atom. The normalized spacial score (nSPS) is 14.1. The van der Waals surface area contributed by atoms with Crippen LogP contribution in [0, 0.1) is 5.92 Å². The maximum atomic E-state index is 14.7. The van der Waals surface area contributed by atoms with E-state index >= 15 is 0 Å². The highest BCUT2D eigenvalue weighted by molar-refractivity contribution is 7.98. The topological polar surface area (TPSA) is 512 Å². The first-order chi connectivity index (χ1) is 37.9. The molecule has 446 valence electrons. The molecule has 80 heavy (non-hydrogen) atoms. The molecule has 0 aliphatic carbocycles. The fourth-order valence-electron chi connectivity index (χ4n) is 8.09. The molecule has 7 amide bonds. The number of carboxylic acid groups (broad SMARTS) is 3. The fraction of sp³-hybridized carbons (Fsp3) is 0.600. The Morgan fingerprint density at radius 1 is 0.562 bits per heavy atom. The van der Waals surface area contributed by atoms with Gasteiger partial charge in [-0.15, -0.1) is 0 Å². The summed E-state index contributed by atoms with van der Waals surface area (Å²) in [5, 5.41) is 47.4. The van der Waals surface area contributed by atoms with E-state index in [1.807, 2.05) is 0 Å². The lowest BCUT2D eigenvalue weighted by Gasteiger charge is -2.28. The van der Waals surface area contributed by atoms with Crippen molar-refractivity contribution >= 4 is 93.8 Å². The van der Waals surface area contributed by atoms with Crippen molar-refractivity contribution < 1.29 is 63.3 Å². The minimum atomic E-state index is -1.53. The van der Waals surface area contributed by atoms with Gasteiger partial charge in [0.2, 0.25) is 41.4 Å². The van der Waals surface area contributed by atoms with Crippen molar-refractivity contribution in [3.05, 3.63) is 36.0 Å². The molecule has 1 aromatic heterocycles.